The number of likely N-dealkylation sites (tertiary alicyclic amines) is 1. The van der Waals surface area contributed by atoms with Crippen molar-refractivity contribution in [2.75, 3.05) is 26.7 Å². The monoisotopic (exact) mass is 300 g/mol. The largest absolute Gasteiger partial charge is 0.480 e. The Labute approximate surface area is 127 Å². The molecule has 1 heterocycles. The zero-order valence-corrected chi connectivity index (χ0v) is 13.5. The van der Waals surface area contributed by atoms with E-state index in [1.54, 1.807) is 11.9 Å². The van der Waals surface area contributed by atoms with Gasteiger partial charge in [-0.3, -0.25) is 0 Å². The van der Waals surface area contributed by atoms with Gasteiger partial charge in [0.15, 0.2) is 0 Å². The minimum atomic E-state index is -0.909. The first kappa shape index (κ1) is 17.8. The van der Waals surface area contributed by atoms with Gasteiger partial charge in [0.2, 0.25) is 0 Å². The van der Waals surface area contributed by atoms with E-state index < -0.39 is 12.0 Å². The number of carboxylic acid groups (broad SMARTS) is 1. The predicted molar refractivity (Wildman–Crippen MR) is 80.3 cm³/mol. The minimum absolute atomic E-state index is 0.126. The molecule has 6 heteroatoms. The standard InChI is InChI=1S/C15H28N2O4/c1-5-12-6-7-17(13(10-12)14(18)19)15(20)16(4)8-9-21-11(2)3/h11-13H,5-10H2,1-4H3,(H,18,19). The molecule has 1 rings (SSSR count). The molecule has 0 bridgehead atoms. The molecule has 1 fully saturated rings. The quantitative estimate of drug-likeness (QED) is 0.815. The summed E-state index contributed by atoms with van der Waals surface area (Å²) in [5.41, 5.74) is 0. The summed E-state index contributed by atoms with van der Waals surface area (Å²) in [7, 11) is 1.69. The number of ether oxygens (including phenoxy) is 1. The van der Waals surface area contributed by atoms with Crippen LogP contribution in [0.2, 0.25) is 0 Å². The second kappa shape index (κ2) is 8.22. The lowest BCUT2D eigenvalue weighted by atomic mass is 9.89. The van der Waals surface area contributed by atoms with Gasteiger partial charge in [0, 0.05) is 20.1 Å². The third-order valence-corrected chi connectivity index (χ3v) is 4.02. The van der Waals surface area contributed by atoms with Gasteiger partial charge in [0.05, 0.1) is 12.7 Å². The molecule has 0 aromatic heterocycles. The molecule has 2 atom stereocenters. The molecule has 0 aromatic rings. The van der Waals surface area contributed by atoms with Crippen LogP contribution in [0.25, 0.3) is 0 Å². The van der Waals surface area contributed by atoms with Crippen molar-refractivity contribution in [3.63, 3.8) is 0 Å². The summed E-state index contributed by atoms with van der Waals surface area (Å²) in [5, 5.41) is 9.36. The number of hydrogen-bond acceptors (Lipinski definition) is 3. The summed E-state index contributed by atoms with van der Waals surface area (Å²) in [5.74, 6) is -0.516. The van der Waals surface area contributed by atoms with Crippen LogP contribution in [-0.4, -0.2) is 65.8 Å². The lowest BCUT2D eigenvalue weighted by Crippen LogP contribution is -2.54. The molecular formula is C15H28N2O4. The van der Waals surface area contributed by atoms with E-state index in [-0.39, 0.29) is 12.1 Å². The van der Waals surface area contributed by atoms with Crippen LogP contribution in [0.5, 0.6) is 0 Å². The van der Waals surface area contributed by atoms with Crippen molar-refractivity contribution in [3.8, 4) is 0 Å². The first-order valence-corrected chi connectivity index (χ1v) is 7.72. The highest BCUT2D eigenvalue weighted by atomic mass is 16.5. The van der Waals surface area contributed by atoms with Crippen molar-refractivity contribution < 1.29 is 19.4 Å². The highest BCUT2D eigenvalue weighted by molar-refractivity contribution is 5.82. The Bertz CT molecular complexity index is 360. The van der Waals surface area contributed by atoms with E-state index in [0.717, 1.165) is 12.8 Å². The van der Waals surface area contributed by atoms with E-state index in [9.17, 15) is 14.7 Å². The number of amides is 2. The lowest BCUT2D eigenvalue weighted by molar-refractivity contribution is -0.144. The molecule has 6 nitrogen and oxygen atoms in total. The summed E-state index contributed by atoms with van der Waals surface area (Å²) < 4.78 is 5.43. The van der Waals surface area contributed by atoms with E-state index >= 15 is 0 Å². The number of rotatable bonds is 6. The third kappa shape index (κ3) is 5.19. The Kier molecular flexibility index (Phi) is 6.95. The third-order valence-electron chi connectivity index (χ3n) is 4.02. The van der Waals surface area contributed by atoms with Crippen LogP contribution in [-0.2, 0) is 9.53 Å². The molecular weight excluding hydrogens is 272 g/mol. The molecule has 1 aliphatic heterocycles. The topological polar surface area (TPSA) is 70.1 Å². The van der Waals surface area contributed by atoms with Gasteiger partial charge in [-0.1, -0.05) is 13.3 Å². The summed E-state index contributed by atoms with van der Waals surface area (Å²) in [6, 6.07) is -0.922. The smallest absolute Gasteiger partial charge is 0.326 e. The molecule has 1 N–H and O–H groups in total. The van der Waals surface area contributed by atoms with Gasteiger partial charge in [0.25, 0.3) is 0 Å². The maximum absolute atomic E-state index is 12.4. The first-order chi connectivity index (χ1) is 9.86. The number of urea groups is 1. The number of piperidine rings is 1. The van der Waals surface area contributed by atoms with Crippen molar-refractivity contribution in [1.29, 1.82) is 0 Å². The molecule has 0 radical (unpaired) electrons. The highest BCUT2D eigenvalue weighted by Gasteiger charge is 2.36. The molecule has 1 aliphatic rings. The molecule has 1 saturated heterocycles. The Morgan fingerprint density at radius 2 is 2.10 bits per heavy atom. The fraction of sp³-hybridized carbons (Fsp3) is 0.867. The van der Waals surface area contributed by atoms with E-state index in [4.69, 9.17) is 4.74 Å². The average Bonchev–Trinajstić information content (AvgIpc) is 2.45. The van der Waals surface area contributed by atoms with Crippen LogP contribution in [0, 0.1) is 5.92 Å². The summed E-state index contributed by atoms with van der Waals surface area (Å²) in [6.07, 6.45) is 2.51. The van der Waals surface area contributed by atoms with Gasteiger partial charge in [-0.2, -0.15) is 0 Å². The van der Waals surface area contributed by atoms with Crippen molar-refractivity contribution >= 4 is 12.0 Å². The Hall–Kier alpha value is -1.30. The van der Waals surface area contributed by atoms with Crippen molar-refractivity contribution in [2.24, 2.45) is 5.92 Å². The van der Waals surface area contributed by atoms with Crippen LogP contribution in [0.3, 0.4) is 0 Å². The van der Waals surface area contributed by atoms with Gasteiger partial charge in [-0.15, -0.1) is 0 Å². The van der Waals surface area contributed by atoms with E-state index in [1.165, 1.54) is 4.90 Å². The molecule has 2 unspecified atom stereocenters. The van der Waals surface area contributed by atoms with E-state index in [0.29, 0.717) is 32.0 Å². The minimum Gasteiger partial charge on any atom is -0.480 e. The number of hydrogen-bond donors (Lipinski definition) is 1. The van der Waals surface area contributed by atoms with Gasteiger partial charge in [-0.05, 0) is 32.6 Å². The number of carbonyl (C=O) groups is 2. The van der Waals surface area contributed by atoms with Crippen molar-refractivity contribution in [3.05, 3.63) is 0 Å². The molecule has 21 heavy (non-hydrogen) atoms. The fourth-order valence-electron chi connectivity index (χ4n) is 2.61. The summed E-state index contributed by atoms with van der Waals surface area (Å²) in [6.45, 7) is 7.40. The lowest BCUT2D eigenvalue weighted by Gasteiger charge is -2.38. The number of carbonyl (C=O) groups excluding carboxylic acids is 1. The second-order valence-electron chi connectivity index (χ2n) is 5.97. The average molecular weight is 300 g/mol. The van der Waals surface area contributed by atoms with Gasteiger partial charge in [-0.25, -0.2) is 9.59 Å². The Balaban J connectivity index is 2.59. The van der Waals surface area contributed by atoms with E-state index in [2.05, 4.69) is 6.92 Å². The van der Waals surface area contributed by atoms with Gasteiger partial charge >= 0.3 is 12.0 Å². The number of aliphatic carboxylic acids is 1. The fourth-order valence-corrected chi connectivity index (χ4v) is 2.61. The van der Waals surface area contributed by atoms with Gasteiger partial charge < -0.3 is 19.6 Å². The maximum atomic E-state index is 12.4. The molecule has 0 spiro atoms. The zero-order chi connectivity index (χ0) is 16.0. The molecule has 2 amide bonds. The number of nitrogens with zero attached hydrogens (tertiary/aromatic N) is 2. The van der Waals surface area contributed by atoms with Crippen LogP contribution >= 0.6 is 0 Å². The molecule has 122 valence electrons. The number of likely N-dealkylation sites (N-methyl/N-ethyl adjacent to an activating group) is 1. The first-order valence-electron chi connectivity index (χ1n) is 7.72. The highest BCUT2D eigenvalue weighted by Crippen LogP contribution is 2.26. The second-order valence-corrected chi connectivity index (χ2v) is 5.97. The predicted octanol–water partition coefficient (Wildman–Crippen LogP) is 2.04. The van der Waals surface area contributed by atoms with Gasteiger partial charge in [0.1, 0.15) is 6.04 Å². The summed E-state index contributed by atoms with van der Waals surface area (Å²) in [4.78, 5) is 26.9. The van der Waals surface area contributed by atoms with Crippen molar-refractivity contribution in [1.82, 2.24) is 9.80 Å². The molecule has 0 aromatic carbocycles. The normalized spacial score (nSPS) is 22.4. The summed E-state index contributed by atoms with van der Waals surface area (Å²) >= 11 is 0. The van der Waals surface area contributed by atoms with Crippen LogP contribution in [0.1, 0.15) is 40.0 Å². The van der Waals surface area contributed by atoms with Crippen LogP contribution < -0.4 is 0 Å². The van der Waals surface area contributed by atoms with Crippen molar-refractivity contribution in [2.45, 2.75) is 52.2 Å². The van der Waals surface area contributed by atoms with E-state index in [1.807, 2.05) is 13.8 Å². The SMILES string of the molecule is CCC1CCN(C(=O)N(C)CCOC(C)C)C(C(=O)O)C1. The Morgan fingerprint density at radius 1 is 1.43 bits per heavy atom. The van der Waals surface area contributed by atoms with Crippen LogP contribution in [0.4, 0.5) is 4.79 Å². The number of carboxylic acids is 1. The zero-order valence-electron chi connectivity index (χ0n) is 13.5. The molecule has 0 saturated carbocycles. The maximum Gasteiger partial charge on any atom is 0.326 e. The Morgan fingerprint density at radius 3 is 2.62 bits per heavy atom. The molecule has 0 aliphatic carbocycles. The van der Waals surface area contributed by atoms with Crippen LogP contribution in [0.15, 0.2) is 0 Å².